The van der Waals surface area contributed by atoms with Crippen molar-refractivity contribution >= 4 is 29.4 Å². The molecule has 0 radical (unpaired) electrons. The number of carbonyl (C=O) groups is 4. The molecule has 1 saturated heterocycles. The molecule has 2 amide bonds. The van der Waals surface area contributed by atoms with Crippen molar-refractivity contribution in [2.45, 2.75) is 44.8 Å². The smallest absolute Gasteiger partial charge is 0.409 e. The van der Waals surface area contributed by atoms with Gasteiger partial charge in [0.1, 0.15) is 17.6 Å². The van der Waals surface area contributed by atoms with Gasteiger partial charge in [0.15, 0.2) is 19.4 Å². The lowest BCUT2D eigenvalue weighted by molar-refractivity contribution is 0.0175. The van der Waals surface area contributed by atoms with Gasteiger partial charge in [-0.05, 0) is 73.9 Å². The van der Waals surface area contributed by atoms with E-state index in [9.17, 15) is 19.2 Å². The predicted octanol–water partition coefficient (Wildman–Crippen LogP) is 5.31. The first-order chi connectivity index (χ1) is 24.6. The first-order valence-electron chi connectivity index (χ1n) is 16.9. The molecule has 1 heterocycles. The van der Waals surface area contributed by atoms with Crippen molar-refractivity contribution in [1.82, 2.24) is 10.2 Å². The van der Waals surface area contributed by atoms with Crippen molar-refractivity contribution in [2.24, 2.45) is 0 Å². The van der Waals surface area contributed by atoms with Crippen LogP contribution in [0.3, 0.4) is 0 Å². The van der Waals surface area contributed by atoms with E-state index >= 15 is 0 Å². The standard InChI is InChI=1S/C38H47N3O10/c1-6-7-21-48-38(45)41-20-8-9-34(32(23-41)39-36(43)27-14-17-30(18-15-27)49-24-46-4)51-37(44)28-12-10-26(11-13-28)35(42)31-22-29(40(2)3)16-19-33(31)50-25-47-5/h10-19,22,32,34H,6-9,20-21,23-25H2,1-5H3,(H,39,43)/t32-,34-/m1/s1. The van der Waals surface area contributed by atoms with Crippen molar-refractivity contribution < 1.29 is 47.6 Å². The van der Waals surface area contributed by atoms with Gasteiger partial charge in [-0.15, -0.1) is 0 Å². The van der Waals surface area contributed by atoms with E-state index in [1.807, 2.05) is 32.0 Å². The average Bonchev–Trinajstić information content (AvgIpc) is 3.34. The molecule has 274 valence electrons. The fourth-order valence-corrected chi connectivity index (χ4v) is 5.39. The quantitative estimate of drug-likeness (QED) is 0.0898. The van der Waals surface area contributed by atoms with Crippen molar-refractivity contribution in [3.05, 3.63) is 89.0 Å². The van der Waals surface area contributed by atoms with E-state index in [1.54, 1.807) is 48.5 Å². The minimum atomic E-state index is -0.755. The minimum absolute atomic E-state index is 0.0249. The fourth-order valence-electron chi connectivity index (χ4n) is 5.39. The second-order valence-corrected chi connectivity index (χ2v) is 12.2. The van der Waals surface area contributed by atoms with E-state index in [0.717, 1.165) is 18.5 Å². The Morgan fingerprint density at radius 2 is 1.53 bits per heavy atom. The number of carbonyl (C=O) groups excluding carboxylic acids is 4. The van der Waals surface area contributed by atoms with Crippen LogP contribution < -0.4 is 19.7 Å². The average molecular weight is 706 g/mol. The summed E-state index contributed by atoms with van der Waals surface area (Å²) >= 11 is 0. The van der Waals surface area contributed by atoms with Crippen molar-refractivity contribution in [2.75, 3.05) is 66.5 Å². The normalized spacial score (nSPS) is 15.7. The van der Waals surface area contributed by atoms with Gasteiger partial charge in [-0.25, -0.2) is 9.59 Å². The summed E-state index contributed by atoms with van der Waals surface area (Å²) in [6, 6.07) is 17.2. The van der Waals surface area contributed by atoms with Gasteiger partial charge in [-0.1, -0.05) is 25.5 Å². The SMILES string of the molecule is CCCCOC(=O)N1CCC[C@@H](OC(=O)c2ccc(C(=O)c3cc(N(C)C)ccc3OCOC)cc2)[C@H](NC(=O)c2ccc(OCOC)cc2)C1. The zero-order valence-electron chi connectivity index (χ0n) is 29.8. The largest absolute Gasteiger partial charge is 0.468 e. The van der Waals surface area contributed by atoms with Crippen LogP contribution in [0.5, 0.6) is 11.5 Å². The number of ketones is 1. The molecule has 3 aromatic carbocycles. The summed E-state index contributed by atoms with van der Waals surface area (Å²) in [6.07, 6.45) is 1.28. The summed E-state index contributed by atoms with van der Waals surface area (Å²) < 4.78 is 32.5. The summed E-state index contributed by atoms with van der Waals surface area (Å²) in [6.45, 7) is 2.79. The van der Waals surface area contributed by atoms with Gasteiger partial charge in [-0.3, -0.25) is 9.59 Å². The Bertz CT molecular complexity index is 1610. The zero-order chi connectivity index (χ0) is 36.8. The Labute approximate surface area is 298 Å². The molecule has 0 aliphatic carbocycles. The molecule has 4 rings (SSSR count). The predicted molar refractivity (Wildman–Crippen MR) is 190 cm³/mol. The van der Waals surface area contributed by atoms with E-state index in [4.69, 9.17) is 28.4 Å². The van der Waals surface area contributed by atoms with Crippen LogP contribution in [-0.2, 0) is 18.9 Å². The molecule has 13 nitrogen and oxygen atoms in total. The topological polar surface area (TPSA) is 142 Å². The van der Waals surface area contributed by atoms with Gasteiger partial charge < -0.3 is 43.5 Å². The van der Waals surface area contributed by atoms with Crippen LogP contribution >= 0.6 is 0 Å². The summed E-state index contributed by atoms with van der Waals surface area (Å²) in [4.78, 5) is 56.8. The molecule has 2 atom stereocenters. The highest BCUT2D eigenvalue weighted by Gasteiger charge is 2.34. The Morgan fingerprint density at radius 1 is 0.863 bits per heavy atom. The van der Waals surface area contributed by atoms with E-state index in [0.29, 0.717) is 54.2 Å². The number of amides is 2. The number of hydrogen-bond donors (Lipinski definition) is 1. The number of rotatable bonds is 16. The third-order valence-electron chi connectivity index (χ3n) is 8.24. The van der Waals surface area contributed by atoms with Gasteiger partial charge in [0.2, 0.25) is 0 Å². The molecule has 0 bridgehead atoms. The van der Waals surface area contributed by atoms with Gasteiger partial charge >= 0.3 is 12.1 Å². The summed E-state index contributed by atoms with van der Waals surface area (Å²) in [5.74, 6) is -0.423. The van der Waals surface area contributed by atoms with Gasteiger partial charge in [-0.2, -0.15) is 0 Å². The van der Waals surface area contributed by atoms with Crippen LogP contribution in [0.15, 0.2) is 66.7 Å². The second-order valence-electron chi connectivity index (χ2n) is 12.2. The van der Waals surface area contributed by atoms with Crippen molar-refractivity contribution in [3.8, 4) is 11.5 Å². The number of methoxy groups -OCH3 is 2. The van der Waals surface area contributed by atoms with Crippen LogP contribution in [0.2, 0.25) is 0 Å². The van der Waals surface area contributed by atoms with Gasteiger partial charge in [0.25, 0.3) is 5.91 Å². The molecule has 0 saturated carbocycles. The van der Waals surface area contributed by atoms with E-state index < -0.39 is 30.1 Å². The molecule has 1 aliphatic rings. The molecule has 0 spiro atoms. The number of esters is 1. The molecule has 1 N–H and O–H groups in total. The lowest BCUT2D eigenvalue weighted by atomic mass is 10.0. The van der Waals surface area contributed by atoms with E-state index in [1.165, 1.54) is 31.3 Å². The summed E-state index contributed by atoms with van der Waals surface area (Å²) in [5.41, 5.74) is 2.09. The minimum Gasteiger partial charge on any atom is -0.468 e. The highest BCUT2D eigenvalue weighted by molar-refractivity contribution is 6.11. The highest BCUT2D eigenvalue weighted by Crippen LogP contribution is 2.27. The van der Waals surface area contributed by atoms with E-state index in [2.05, 4.69) is 5.32 Å². The number of unbranched alkanes of at least 4 members (excludes halogenated alkanes) is 1. The Hall–Kier alpha value is -5.14. The number of nitrogens with one attached hydrogen (secondary N) is 1. The molecular weight excluding hydrogens is 658 g/mol. The molecule has 13 heteroatoms. The third-order valence-corrected chi connectivity index (χ3v) is 8.24. The van der Waals surface area contributed by atoms with Crippen molar-refractivity contribution in [1.29, 1.82) is 0 Å². The number of ether oxygens (including phenoxy) is 6. The molecule has 0 unspecified atom stereocenters. The maximum absolute atomic E-state index is 13.6. The van der Waals surface area contributed by atoms with Crippen LogP contribution in [0, 0.1) is 0 Å². The molecule has 3 aromatic rings. The number of hydrogen-bond acceptors (Lipinski definition) is 11. The van der Waals surface area contributed by atoms with Crippen molar-refractivity contribution in [3.63, 3.8) is 0 Å². The number of anilines is 1. The maximum Gasteiger partial charge on any atom is 0.409 e. The first-order valence-corrected chi connectivity index (χ1v) is 16.9. The fraction of sp³-hybridized carbons (Fsp3) is 0.421. The molecule has 51 heavy (non-hydrogen) atoms. The van der Waals surface area contributed by atoms with Gasteiger partial charge in [0.05, 0.1) is 23.8 Å². The maximum atomic E-state index is 13.6. The molecule has 1 fully saturated rings. The number of nitrogens with zero attached hydrogens (tertiary/aromatic N) is 2. The van der Waals surface area contributed by atoms with Crippen LogP contribution in [0.4, 0.5) is 10.5 Å². The lowest BCUT2D eigenvalue weighted by Gasteiger charge is -2.29. The molecule has 1 aliphatic heterocycles. The summed E-state index contributed by atoms with van der Waals surface area (Å²) in [5, 5.41) is 2.97. The third kappa shape index (κ3) is 10.9. The van der Waals surface area contributed by atoms with Gasteiger partial charge in [0, 0.05) is 58.2 Å². The second kappa shape index (κ2) is 19.3. The van der Waals surface area contributed by atoms with Crippen LogP contribution in [-0.4, -0.2) is 102 Å². The zero-order valence-corrected chi connectivity index (χ0v) is 29.8. The Balaban J connectivity index is 1.51. The summed E-state index contributed by atoms with van der Waals surface area (Å²) in [7, 11) is 6.76. The first kappa shape index (κ1) is 38.7. The lowest BCUT2D eigenvalue weighted by Crippen LogP contribution is -2.51. The van der Waals surface area contributed by atoms with E-state index in [-0.39, 0.29) is 31.5 Å². The monoisotopic (exact) mass is 705 g/mol. The number of likely N-dealkylation sites (tertiary alicyclic amines) is 1. The van der Waals surface area contributed by atoms with Crippen LogP contribution in [0.1, 0.15) is 69.2 Å². The number of benzene rings is 3. The molecular formula is C38H47N3O10. The Kier molecular flexibility index (Phi) is 14.6. The highest BCUT2D eigenvalue weighted by atomic mass is 16.7. The molecule has 0 aromatic heterocycles. The Morgan fingerprint density at radius 3 is 2.20 bits per heavy atom. The van der Waals surface area contributed by atoms with Crippen LogP contribution in [0.25, 0.3) is 0 Å².